The van der Waals surface area contributed by atoms with E-state index in [9.17, 15) is 14.4 Å². The Morgan fingerprint density at radius 2 is 0.481 bits per heavy atom. The number of rotatable bonds is 62. The van der Waals surface area contributed by atoms with Crippen molar-refractivity contribution in [2.24, 2.45) is 0 Å². The molecule has 0 aromatic carbocycles. The van der Waals surface area contributed by atoms with Gasteiger partial charge < -0.3 is 14.2 Å². The highest BCUT2D eigenvalue weighted by Gasteiger charge is 2.19. The second-order valence-corrected chi connectivity index (χ2v) is 22.7. The van der Waals surface area contributed by atoms with Crippen LogP contribution in [0.4, 0.5) is 0 Å². The first kappa shape index (κ1) is 77.1. The van der Waals surface area contributed by atoms with E-state index >= 15 is 0 Å². The van der Waals surface area contributed by atoms with Gasteiger partial charge in [-0.2, -0.15) is 0 Å². The highest BCUT2D eigenvalue weighted by atomic mass is 16.6. The summed E-state index contributed by atoms with van der Waals surface area (Å²) in [6, 6.07) is 0. The van der Waals surface area contributed by atoms with E-state index in [1.165, 1.54) is 180 Å². The van der Waals surface area contributed by atoms with Gasteiger partial charge in [0, 0.05) is 19.3 Å². The van der Waals surface area contributed by atoms with E-state index < -0.39 is 6.10 Å². The summed E-state index contributed by atoms with van der Waals surface area (Å²) >= 11 is 0. The van der Waals surface area contributed by atoms with Crippen LogP contribution >= 0.6 is 0 Å². The molecule has 0 aromatic heterocycles. The third-order valence-corrected chi connectivity index (χ3v) is 14.7. The summed E-state index contributed by atoms with van der Waals surface area (Å²) < 4.78 is 17.0. The summed E-state index contributed by atoms with van der Waals surface area (Å²) in [7, 11) is 0. The second-order valence-electron chi connectivity index (χ2n) is 22.7. The van der Waals surface area contributed by atoms with Crippen LogP contribution in [0.25, 0.3) is 0 Å². The van der Waals surface area contributed by atoms with Gasteiger partial charge in [-0.25, -0.2) is 0 Å². The molecule has 0 spiro atoms. The van der Waals surface area contributed by atoms with Gasteiger partial charge in [0.05, 0.1) is 0 Å². The van der Waals surface area contributed by atoms with Crippen LogP contribution in [-0.2, 0) is 28.6 Å². The molecule has 0 N–H and O–H groups in total. The monoisotopic (exact) mass is 1120 g/mol. The SMILES string of the molecule is CC/C=C\C/C=C\C/C=C\C/C=C\CCCCCCCCCCCCC(=O)OCC(COC(=O)CCCCCCCC/C=C\C/C=C\C/C=C\CCCCC)OC(=O)CCCCCCCCCCC/C=C\C/C=C\CCCCCCC. The van der Waals surface area contributed by atoms with Crippen LogP contribution < -0.4 is 0 Å². The van der Waals surface area contributed by atoms with E-state index in [4.69, 9.17) is 14.2 Å². The van der Waals surface area contributed by atoms with Gasteiger partial charge in [0.2, 0.25) is 0 Å². The van der Waals surface area contributed by atoms with E-state index in [0.717, 1.165) is 109 Å². The highest BCUT2D eigenvalue weighted by molar-refractivity contribution is 5.71. The van der Waals surface area contributed by atoms with Crippen molar-refractivity contribution in [3.63, 3.8) is 0 Å². The molecule has 0 radical (unpaired) electrons. The predicted molar refractivity (Wildman–Crippen MR) is 353 cm³/mol. The molecule has 6 nitrogen and oxygen atoms in total. The van der Waals surface area contributed by atoms with Crippen LogP contribution in [0.2, 0.25) is 0 Å². The van der Waals surface area contributed by atoms with E-state index in [1.54, 1.807) is 0 Å². The normalized spacial score (nSPS) is 12.8. The molecule has 464 valence electrons. The number of carbonyl (C=O) groups excluding carboxylic acids is 3. The van der Waals surface area contributed by atoms with Gasteiger partial charge in [0.15, 0.2) is 6.10 Å². The molecule has 0 fully saturated rings. The highest BCUT2D eigenvalue weighted by Crippen LogP contribution is 2.16. The first-order chi connectivity index (χ1) is 40.0. The van der Waals surface area contributed by atoms with Crippen molar-refractivity contribution in [2.45, 2.75) is 335 Å². The Morgan fingerprint density at radius 3 is 0.778 bits per heavy atom. The maximum absolute atomic E-state index is 13.0. The number of hydrogen-bond donors (Lipinski definition) is 0. The molecule has 0 aliphatic heterocycles. The summed E-state index contributed by atoms with van der Waals surface area (Å²) in [6.45, 7) is 6.51. The van der Waals surface area contributed by atoms with Gasteiger partial charge in [0.25, 0.3) is 0 Å². The zero-order valence-corrected chi connectivity index (χ0v) is 53.3. The molecule has 0 aliphatic carbocycles. The number of unbranched alkanes of at least 4 members (excludes halogenated alkanes) is 33. The molecule has 0 rings (SSSR count). The Kier molecular flexibility index (Phi) is 65.2. The molecule has 6 heteroatoms. The smallest absolute Gasteiger partial charge is 0.306 e. The lowest BCUT2D eigenvalue weighted by molar-refractivity contribution is -0.167. The maximum Gasteiger partial charge on any atom is 0.306 e. The van der Waals surface area contributed by atoms with Crippen molar-refractivity contribution < 1.29 is 28.6 Å². The molecular weight excluding hydrogens is 997 g/mol. The molecule has 81 heavy (non-hydrogen) atoms. The Bertz CT molecular complexity index is 1620. The summed E-state index contributed by atoms with van der Waals surface area (Å²) in [5.74, 6) is -0.895. The van der Waals surface area contributed by atoms with Crippen molar-refractivity contribution in [1.29, 1.82) is 0 Å². The lowest BCUT2D eigenvalue weighted by Gasteiger charge is -2.18. The zero-order chi connectivity index (χ0) is 58.5. The number of hydrogen-bond acceptors (Lipinski definition) is 6. The fraction of sp³-hybridized carbons (Fsp3) is 0.720. The van der Waals surface area contributed by atoms with Crippen LogP contribution in [0.3, 0.4) is 0 Å². The molecule has 0 heterocycles. The Labute approximate surface area is 501 Å². The molecule has 0 aliphatic rings. The van der Waals surface area contributed by atoms with Crippen molar-refractivity contribution in [2.75, 3.05) is 13.2 Å². The molecule has 0 saturated carbocycles. The van der Waals surface area contributed by atoms with E-state index in [-0.39, 0.29) is 31.1 Å². The molecule has 0 amide bonds. The second kappa shape index (κ2) is 68.6. The van der Waals surface area contributed by atoms with Gasteiger partial charge >= 0.3 is 17.9 Å². The van der Waals surface area contributed by atoms with Crippen LogP contribution in [0.5, 0.6) is 0 Å². The maximum atomic E-state index is 13.0. The number of ether oxygens (including phenoxy) is 3. The molecule has 1 unspecified atom stereocenters. The van der Waals surface area contributed by atoms with E-state index in [2.05, 4.69) is 130 Å². The zero-order valence-electron chi connectivity index (χ0n) is 53.3. The van der Waals surface area contributed by atoms with Crippen LogP contribution in [0, 0.1) is 0 Å². The van der Waals surface area contributed by atoms with Crippen molar-refractivity contribution in [1.82, 2.24) is 0 Å². The lowest BCUT2D eigenvalue weighted by atomic mass is 10.1. The quantitative estimate of drug-likeness (QED) is 0.0261. The van der Waals surface area contributed by atoms with Gasteiger partial charge in [0.1, 0.15) is 13.2 Å². The third-order valence-electron chi connectivity index (χ3n) is 14.7. The topological polar surface area (TPSA) is 78.9 Å². The van der Waals surface area contributed by atoms with Gasteiger partial charge in [-0.1, -0.05) is 291 Å². The molecule has 0 aromatic rings. The first-order valence-corrected chi connectivity index (χ1v) is 34.4. The number of esters is 3. The fourth-order valence-electron chi connectivity index (χ4n) is 9.59. The molecule has 0 saturated heterocycles. The van der Waals surface area contributed by atoms with Crippen LogP contribution in [0.15, 0.2) is 109 Å². The summed E-state index contributed by atoms with van der Waals surface area (Å²) in [5, 5.41) is 0. The van der Waals surface area contributed by atoms with Gasteiger partial charge in [-0.3, -0.25) is 14.4 Å². The van der Waals surface area contributed by atoms with Crippen LogP contribution in [0.1, 0.15) is 329 Å². The lowest BCUT2D eigenvalue weighted by Crippen LogP contribution is -2.30. The fourth-order valence-corrected chi connectivity index (χ4v) is 9.59. The average molecular weight is 1130 g/mol. The minimum atomic E-state index is -0.792. The number of allylic oxidation sites excluding steroid dienone is 18. The minimum Gasteiger partial charge on any atom is -0.462 e. The standard InChI is InChI=1S/C75H128O6/c1-4-7-10-13-16-19-22-25-28-31-34-36-37-39-41-44-47-50-53-56-59-62-65-68-74(77)80-71-72(70-79-73(76)67-64-61-58-55-52-49-46-43-40-33-30-27-24-21-18-15-12-9-6-3)81-75(78)69-66-63-60-57-54-51-48-45-42-38-35-32-29-26-23-20-17-14-11-8-5-2/h7,10,16,18-19,21,23,25-28,30,32,34-36,40,43,72H,4-6,8-9,11-15,17,20,22,24,29,31,33,37-39,41-42,44-71H2,1-3H3/b10-7-,19-16-,21-18-,26-23-,28-25-,30-27-,35-32-,36-34-,43-40-. The molecule has 0 bridgehead atoms. The van der Waals surface area contributed by atoms with Crippen molar-refractivity contribution in [3.05, 3.63) is 109 Å². The summed E-state index contributed by atoms with van der Waals surface area (Å²) in [5.41, 5.74) is 0. The van der Waals surface area contributed by atoms with Crippen molar-refractivity contribution in [3.8, 4) is 0 Å². The Hall–Kier alpha value is -3.93. The minimum absolute atomic E-state index is 0.0863. The predicted octanol–water partition coefficient (Wildman–Crippen LogP) is 23.8. The van der Waals surface area contributed by atoms with Crippen LogP contribution in [-0.4, -0.2) is 37.2 Å². The van der Waals surface area contributed by atoms with Crippen molar-refractivity contribution >= 4 is 17.9 Å². The number of carbonyl (C=O) groups is 3. The molecule has 1 atom stereocenters. The largest absolute Gasteiger partial charge is 0.462 e. The van der Waals surface area contributed by atoms with E-state index in [1.807, 2.05) is 0 Å². The Balaban J connectivity index is 4.42. The first-order valence-electron chi connectivity index (χ1n) is 34.4. The summed E-state index contributed by atoms with van der Waals surface area (Å²) in [4.78, 5) is 38.5. The van der Waals surface area contributed by atoms with E-state index in [0.29, 0.717) is 19.3 Å². The average Bonchev–Trinajstić information content (AvgIpc) is 3.47. The van der Waals surface area contributed by atoms with Gasteiger partial charge in [-0.15, -0.1) is 0 Å². The third kappa shape index (κ3) is 66.8. The molecular formula is C75H128O6. The summed E-state index contributed by atoms with van der Waals surface area (Å²) in [6.07, 6.45) is 93.8. The van der Waals surface area contributed by atoms with Gasteiger partial charge in [-0.05, 0) is 128 Å². The Morgan fingerprint density at radius 1 is 0.259 bits per heavy atom.